The molecule has 19 heavy (non-hydrogen) atoms. The maximum atomic E-state index is 11.5. The minimum atomic E-state index is 0.0122. The van der Waals surface area contributed by atoms with Crippen LogP contribution in [0.1, 0.15) is 32.6 Å². The summed E-state index contributed by atoms with van der Waals surface area (Å²) in [6.45, 7) is 3.04. The largest absolute Gasteiger partial charge is 0.355 e. The zero-order valence-corrected chi connectivity index (χ0v) is 13.0. The van der Waals surface area contributed by atoms with Gasteiger partial charge in [-0.15, -0.1) is 0 Å². The Bertz CT molecular complexity index is 309. The van der Waals surface area contributed by atoms with Gasteiger partial charge in [-0.05, 0) is 31.9 Å². The van der Waals surface area contributed by atoms with Crippen molar-refractivity contribution in [2.45, 2.75) is 43.9 Å². The number of guanidine groups is 1. The second-order valence-electron chi connectivity index (χ2n) is 4.79. The van der Waals surface area contributed by atoms with Gasteiger partial charge in [0.25, 0.3) is 0 Å². The summed E-state index contributed by atoms with van der Waals surface area (Å²) < 4.78 is 0. The summed E-state index contributed by atoms with van der Waals surface area (Å²) in [6.07, 6.45) is 6.72. The molecule has 0 aromatic heterocycles. The SMILES string of the molecule is CCCNC(=O)CNC(=NC)NC1CCC(SC)C1. The van der Waals surface area contributed by atoms with Crippen molar-refractivity contribution in [2.24, 2.45) is 4.99 Å². The van der Waals surface area contributed by atoms with Gasteiger partial charge in [-0.3, -0.25) is 9.79 Å². The Kier molecular flexibility index (Phi) is 7.70. The van der Waals surface area contributed by atoms with Gasteiger partial charge in [0.1, 0.15) is 0 Å². The molecule has 0 bridgehead atoms. The van der Waals surface area contributed by atoms with Gasteiger partial charge in [0, 0.05) is 24.9 Å². The van der Waals surface area contributed by atoms with Crippen LogP contribution >= 0.6 is 11.8 Å². The molecule has 1 aliphatic carbocycles. The zero-order chi connectivity index (χ0) is 14.1. The van der Waals surface area contributed by atoms with Crippen molar-refractivity contribution in [1.82, 2.24) is 16.0 Å². The molecule has 1 saturated carbocycles. The van der Waals surface area contributed by atoms with E-state index in [0.717, 1.165) is 24.2 Å². The maximum Gasteiger partial charge on any atom is 0.239 e. The third-order valence-electron chi connectivity index (χ3n) is 3.27. The normalized spacial score (nSPS) is 23.2. The van der Waals surface area contributed by atoms with Crippen molar-refractivity contribution in [3.63, 3.8) is 0 Å². The molecule has 0 radical (unpaired) electrons. The summed E-state index contributed by atoms with van der Waals surface area (Å²) in [4.78, 5) is 15.7. The molecular formula is C13H26N4OS. The Balaban J connectivity index is 2.25. The highest BCUT2D eigenvalue weighted by Gasteiger charge is 2.24. The van der Waals surface area contributed by atoms with E-state index in [4.69, 9.17) is 0 Å². The highest BCUT2D eigenvalue weighted by atomic mass is 32.2. The third kappa shape index (κ3) is 6.18. The molecule has 1 amide bonds. The molecule has 3 N–H and O–H groups in total. The van der Waals surface area contributed by atoms with Crippen LogP contribution in [0.4, 0.5) is 0 Å². The fourth-order valence-electron chi connectivity index (χ4n) is 2.16. The number of amides is 1. The van der Waals surface area contributed by atoms with Crippen LogP contribution in [0.15, 0.2) is 4.99 Å². The van der Waals surface area contributed by atoms with Crippen LogP contribution in [0, 0.1) is 0 Å². The smallest absolute Gasteiger partial charge is 0.239 e. The number of nitrogens with one attached hydrogen (secondary N) is 3. The van der Waals surface area contributed by atoms with Gasteiger partial charge in [-0.2, -0.15) is 11.8 Å². The molecule has 0 heterocycles. The molecule has 1 rings (SSSR count). The average molecular weight is 286 g/mol. The molecule has 2 atom stereocenters. The van der Waals surface area contributed by atoms with Gasteiger partial charge in [0.15, 0.2) is 5.96 Å². The van der Waals surface area contributed by atoms with E-state index in [2.05, 4.69) is 27.2 Å². The second kappa shape index (κ2) is 9.07. The van der Waals surface area contributed by atoms with E-state index in [1.54, 1.807) is 7.05 Å². The summed E-state index contributed by atoms with van der Waals surface area (Å²) in [5.74, 6) is 0.733. The maximum absolute atomic E-state index is 11.5. The van der Waals surface area contributed by atoms with Gasteiger partial charge in [0.05, 0.1) is 6.54 Å². The van der Waals surface area contributed by atoms with E-state index in [9.17, 15) is 4.79 Å². The number of hydrogen-bond acceptors (Lipinski definition) is 3. The number of thioether (sulfide) groups is 1. The highest BCUT2D eigenvalue weighted by Crippen LogP contribution is 2.27. The monoisotopic (exact) mass is 286 g/mol. The lowest BCUT2D eigenvalue weighted by molar-refractivity contribution is -0.120. The lowest BCUT2D eigenvalue weighted by Gasteiger charge is -2.17. The van der Waals surface area contributed by atoms with Gasteiger partial charge in [0.2, 0.25) is 5.91 Å². The van der Waals surface area contributed by atoms with Crippen molar-refractivity contribution in [1.29, 1.82) is 0 Å². The Labute approximate surface area is 120 Å². The summed E-state index contributed by atoms with van der Waals surface area (Å²) >= 11 is 1.93. The number of nitrogens with zero attached hydrogens (tertiary/aromatic N) is 1. The number of hydrogen-bond donors (Lipinski definition) is 3. The Morgan fingerprint density at radius 3 is 2.74 bits per heavy atom. The standard InChI is InChI=1S/C13H26N4OS/c1-4-7-15-12(18)9-16-13(14-2)17-10-5-6-11(8-10)19-3/h10-11H,4-9H2,1-3H3,(H,15,18)(H2,14,16,17). The minimum Gasteiger partial charge on any atom is -0.355 e. The molecule has 1 fully saturated rings. The predicted octanol–water partition coefficient (Wildman–Crippen LogP) is 0.962. The molecule has 110 valence electrons. The molecule has 2 unspecified atom stereocenters. The van der Waals surface area contributed by atoms with E-state index in [-0.39, 0.29) is 12.5 Å². The van der Waals surface area contributed by atoms with Crippen LogP contribution in [0.2, 0.25) is 0 Å². The van der Waals surface area contributed by atoms with Crippen LogP contribution < -0.4 is 16.0 Å². The molecule has 6 heteroatoms. The molecule has 0 aromatic rings. The number of rotatable bonds is 6. The average Bonchev–Trinajstić information content (AvgIpc) is 2.88. The molecule has 0 spiro atoms. The molecule has 0 saturated heterocycles. The predicted molar refractivity (Wildman–Crippen MR) is 82.7 cm³/mol. The topological polar surface area (TPSA) is 65.5 Å². The van der Waals surface area contributed by atoms with Crippen molar-refractivity contribution in [2.75, 3.05) is 26.4 Å². The van der Waals surface area contributed by atoms with Crippen molar-refractivity contribution >= 4 is 23.6 Å². The van der Waals surface area contributed by atoms with E-state index >= 15 is 0 Å². The molecular weight excluding hydrogens is 260 g/mol. The minimum absolute atomic E-state index is 0.0122. The van der Waals surface area contributed by atoms with E-state index < -0.39 is 0 Å². The van der Waals surface area contributed by atoms with Gasteiger partial charge < -0.3 is 16.0 Å². The lowest BCUT2D eigenvalue weighted by atomic mass is 10.2. The van der Waals surface area contributed by atoms with Crippen LogP contribution in [-0.4, -0.2) is 49.6 Å². The van der Waals surface area contributed by atoms with E-state index in [0.29, 0.717) is 6.04 Å². The van der Waals surface area contributed by atoms with Crippen LogP contribution in [0.5, 0.6) is 0 Å². The Hall–Kier alpha value is -0.910. The summed E-state index contributed by atoms with van der Waals surface area (Å²) in [5, 5.41) is 10.0. The number of carbonyl (C=O) groups excluding carboxylic acids is 1. The van der Waals surface area contributed by atoms with E-state index in [1.165, 1.54) is 19.3 Å². The fourth-order valence-corrected chi connectivity index (χ4v) is 2.96. The molecule has 5 nitrogen and oxygen atoms in total. The number of carbonyl (C=O) groups is 1. The summed E-state index contributed by atoms with van der Waals surface area (Å²) in [5.41, 5.74) is 0. The Morgan fingerprint density at radius 2 is 2.16 bits per heavy atom. The van der Waals surface area contributed by atoms with Crippen molar-refractivity contribution in [3.05, 3.63) is 0 Å². The van der Waals surface area contributed by atoms with Gasteiger partial charge in [-0.25, -0.2) is 0 Å². The first-order valence-electron chi connectivity index (χ1n) is 6.96. The van der Waals surface area contributed by atoms with Crippen LogP contribution in [-0.2, 0) is 4.79 Å². The summed E-state index contributed by atoms with van der Waals surface area (Å²) in [7, 11) is 1.74. The second-order valence-corrected chi connectivity index (χ2v) is 5.93. The summed E-state index contributed by atoms with van der Waals surface area (Å²) in [6, 6.07) is 0.474. The third-order valence-corrected chi connectivity index (χ3v) is 4.37. The van der Waals surface area contributed by atoms with E-state index in [1.807, 2.05) is 18.7 Å². The first-order chi connectivity index (χ1) is 9.19. The fraction of sp³-hybridized carbons (Fsp3) is 0.846. The quantitative estimate of drug-likeness (QED) is 0.503. The first kappa shape index (κ1) is 16.1. The Morgan fingerprint density at radius 1 is 1.37 bits per heavy atom. The van der Waals surface area contributed by atoms with Gasteiger partial charge in [-0.1, -0.05) is 6.92 Å². The highest BCUT2D eigenvalue weighted by molar-refractivity contribution is 7.99. The first-order valence-corrected chi connectivity index (χ1v) is 8.25. The zero-order valence-electron chi connectivity index (χ0n) is 12.2. The molecule has 0 aromatic carbocycles. The van der Waals surface area contributed by atoms with Crippen molar-refractivity contribution in [3.8, 4) is 0 Å². The van der Waals surface area contributed by atoms with Crippen LogP contribution in [0.3, 0.4) is 0 Å². The van der Waals surface area contributed by atoms with Crippen LogP contribution in [0.25, 0.3) is 0 Å². The van der Waals surface area contributed by atoms with Gasteiger partial charge >= 0.3 is 0 Å². The molecule has 1 aliphatic rings. The van der Waals surface area contributed by atoms with Crippen molar-refractivity contribution < 1.29 is 4.79 Å². The molecule has 0 aliphatic heterocycles. The number of aliphatic imine (C=N–C) groups is 1. The lowest BCUT2D eigenvalue weighted by Crippen LogP contribution is -2.46.